The van der Waals surface area contributed by atoms with Gasteiger partial charge in [0.15, 0.2) is 0 Å². The molecule has 0 unspecified atom stereocenters. The molecule has 2 amide bonds. The van der Waals surface area contributed by atoms with Crippen LogP contribution in [0.4, 0.5) is 10.5 Å². The van der Waals surface area contributed by atoms with Crippen LogP contribution in [-0.2, 0) is 4.79 Å². The number of nitrogens with zero attached hydrogens (tertiary/aromatic N) is 2. The molecule has 1 aromatic heterocycles. The summed E-state index contributed by atoms with van der Waals surface area (Å²) in [5.41, 5.74) is 2.21. The van der Waals surface area contributed by atoms with Crippen molar-refractivity contribution in [1.29, 1.82) is 0 Å². The lowest BCUT2D eigenvalue weighted by molar-refractivity contribution is -0.137. The Morgan fingerprint density at radius 3 is 2.68 bits per heavy atom. The van der Waals surface area contributed by atoms with Crippen molar-refractivity contribution in [1.82, 2.24) is 15.1 Å². The molecule has 3 N–H and O–H groups in total. The van der Waals surface area contributed by atoms with E-state index in [9.17, 15) is 9.59 Å². The topological polar surface area (TPSA) is 96.3 Å². The summed E-state index contributed by atoms with van der Waals surface area (Å²) in [5, 5.41) is 18.2. The summed E-state index contributed by atoms with van der Waals surface area (Å²) in [6.07, 6.45) is 2.16. The maximum Gasteiger partial charge on any atom is 0.319 e. The van der Waals surface area contributed by atoms with Crippen molar-refractivity contribution >= 4 is 17.7 Å². The lowest BCUT2D eigenvalue weighted by atomic mass is 10.3. The molecule has 1 aromatic carbocycles. The van der Waals surface area contributed by atoms with Gasteiger partial charge in [-0.1, -0.05) is 18.2 Å². The number of rotatable bonds is 6. The Hall–Kier alpha value is -2.83. The second-order valence-electron chi connectivity index (χ2n) is 4.79. The molecule has 0 bridgehead atoms. The number of para-hydroxylation sites is 1. The largest absolute Gasteiger partial charge is 0.481 e. The zero-order valence-corrected chi connectivity index (χ0v) is 12.2. The predicted molar refractivity (Wildman–Crippen MR) is 82.2 cm³/mol. The van der Waals surface area contributed by atoms with E-state index in [0.29, 0.717) is 24.3 Å². The second-order valence-corrected chi connectivity index (χ2v) is 4.79. The number of anilines is 1. The first-order valence-corrected chi connectivity index (χ1v) is 6.94. The molecule has 116 valence electrons. The number of carbonyl (C=O) groups excluding carboxylic acids is 1. The zero-order valence-electron chi connectivity index (χ0n) is 12.2. The van der Waals surface area contributed by atoms with Crippen molar-refractivity contribution in [2.75, 3.05) is 11.9 Å². The fraction of sp³-hybridized carbons (Fsp3) is 0.267. The molecule has 1 heterocycles. The highest BCUT2D eigenvalue weighted by Gasteiger charge is 2.09. The lowest BCUT2D eigenvalue weighted by Crippen LogP contribution is -2.29. The number of aliphatic carboxylic acids is 1. The van der Waals surface area contributed by atoms with Crippen LogP contribution in [0.15, 0.2) is 36.5 Å². The van der Waals surface area contributed by atoms with Crippen LogP contribution in [0.2, 0.25) is 0 Å². The molecular formula is C15H18N4O3. The van der Waals surface area contributed by atoms with Gasteiger partial charge in [-0.2, -0.15) is 5.10 Å². The maximum atomic E-state index is 11.7. The smallest absolute Gasteiger partial charge is 0.319 e. The minimum Gasteiger partial charge on any atom is -0.481 e. The lowest BCUT2D eigenvalue weighted by Gasteiger charge is -2.05. The molecule has 7 nitrogen and oxygen atoms in total. The highest BCUT2D eigenvalue weighted by Crippen LogP contribution is 2.16. The summed E-state index contributed by atoms with van der Waals surface area (Å²) in [6.45, 7) is 2.11. The summed E-state index contributed by atoms with van der Waals surface area (Å²) in [5.74, 6) is -0.873. The van der Waals surface area contributed by atoms with E-state index in [1.165, 1.54) is 0 Å². The number of aryl methyl sites for hydroxylation is 1. The summed E-state index contributed by atoms with van der Waals surface area (Å²) < 4.78 is 1.69. The molecule has 2 aromatic rings. The van der Waals surface area contributed by atoms with Crippen molar-refractivity contribution in [2.45, 2.75) is 19.8 Å². The number of aromatic nitrogens is 2. The zero-order chi connectivity index (χ0) is 15.9. The van der Waals surface area contributed by atoms with Crippen molar-refractivity contribution in [3.8, 4) is 5.69 Å². The van der Waals surface area contributed by atoms with Gasteiger partial charge in [-0.25, -0.2) is 9.48 Å². The van der Waals surface area contributed by atoms with Crippen LogP contribution in [0.1, 0.15) is 18.5 Å². The number of carboxylic acids is 1. The molecule has 22 heavy (non-hydrogen) atoms. The molecule has 0 saturated heterocycles. The summed E-state index contributed by atoms with van der Waals surface area (Å²) in [4.78, 5) is 22.1. The highest BCUT2D eigenvalue weighted by atomic mass is 16.4. The van der Waals surface area contributed by atoms with E-state index in [1.807, 2.05) is 30.3 Å². The fourth-order valence-electron chi connectivity index (χ4n) is 1.90. The van der Waals surface area contributed by atoms with Crippen molar-refractivity contribution < 1.29 is 14.7 Å². The van der Waals surface area contributed by atoms with E-state index in [2.05, 4.69) is 15.7 Å². The number of benzene rings is 1. The monoisotopic (exact) mass is 302 g/mol. The van der Waals surface area contributed by atoms with Crippen LogP contribution in [0.5, 0.6) is 0 Å². The molecule has 0 atom stereocenters. The Morgan fingerprint density at radius 2 is 2.00 bits per heavy atom. The van der Waals surface area contributed by atoms with E-state index >= 15 is 0 Å². The Morgan fingerprint density at radius 1 is 1.27 bits per heavy atom. The third-order valence-corrected chi connectivity index (χ3v) is 3.02. The third-order valence-electron chi connectivity index (χ3n) is 3.02. The SMILES string of the molecule is Cc1nn(-c2ccccc2)cc1NC(=O)NCCCC(=O)O. The number of nitrogens with one attached hydrogen (secondary N) is 2. The number of carbonyl (C=O) groups is 2. The van der Waals surface area contributed by atoms with Gasteiger partial charge in [0.2, 0.25) is 0 Å². The Labute approximate surface area is 128 Å². The van der Waals surface area contributed by atoms with Gasteiger partial charge < -0.3 is 15.7 Å². The standard InChI is InChI=1S/C15H18N4O3/c1-11-13(17-15(22)16-9-5-8-14(20)21)10-19(18-11)12-6-3-2-4-7-12/h2-4,6-7,10H,5,8-9H2,1H3,(H,20,21)(H2,16,17,22). The van der Waals surface area contributed by atoms with E-state index in [4.69, 9.17) is 5.11 Å². The molecule has 7 heteroatoms. The molecule has 0 radical (unpaired) electrons. The summed E-state index contributed by atoms with van der Waals surface area (Å²) in [6, 6.07) is 9.21. The van der Waals surface area contributed by atoms with Crippen LogP contribution in [0.3, 0.4) is 0 Å². The van der Waals surface area contributed by atoms with Gasteiger partial charge in [0.1, 0.15) is 0 Å². The molecular weight excluding hydrogens is 284 g/mol. The number of carboxylic acid groups (broad SMARTS) is 1. The molecule has 0 saturated carbocycles. The average Bonchev–Trinajstić information content (AvgIpc) is 2.85. The first-order chi connectivity index (χ1) is 10.6. The first kappa shape index (κ1) is 15.6. The van der Waals surface area contributed by atoms with Gasteiger partial charge in [0.05, 0.1) is 23.3 Å². The van der Waals surface area contributed by atoms with Gasteiger partial charge in [0, 0.05) is 13.0 Å². The van der Waals surface area contributed by atoms with Gasteiger partial charge in [0.25, 0.3) is 0 Å². The molecule has 0 aliphatic heterocycles. The number of hydrogen-bond acceptors (Lipinski definition) is 3. The van der Waals surface area contributed by atoms with Crippen LogP contribution in [-0.4, -0.2) is 33.4 Å². The Kier molecular flexibility index (Phi) is 5.13. The second kappa shape index (κ2) is 7.26. The normalized spacial score (nSPS) is 10.2. The fourth-order valence-corrected chi connectivity index (χ4v) is 1.90. The Balaban J connectivity index is 1.92. The van der Waals surface area contributed by atoms with Gasteiger partial charge in [-0.05, 0) is 25.5 Å². The van der Waals surface area contributed by atoms with Gasteiger partial charge >= 0.3 is 12.0 Å². The van der Waals surface area contributed by atoms with E-state index in [-0.39, 0.29) is 12.5 Å². The molecule has 0 aliphatic rings. The predicted octanol–water partition coefficient (Wildman–Crippen LogP) is 2.17. The molecule has 0 spiro atoms. The van der Waals surface area contributed by atoms with Crippen molar-refractivity contribution in [2.24, 2.45) is 0 Å². The van der Waals surface area contributed by atoms with Crippen molar-refractivity contribution in [3.63, 3.8) is 0 Å². The minimum atomic E-state index is -0.873. The maximum absolute atomic E-state index is 11.7. The third kappa shape index (κ3) is 4.34. The quantitative estimate of drug-likeness (QED) is 0.712. The van der Waals surface area contributed by atoms with Crippen molar-refractivity contribution in [3.05, 3.63) is 42.2 Å². The summed E-state index contributed by atoms with van der Waals surface area (Å²) in [7, 11) is 0. The van der Waals surface area contributed by atoms with Crippen LogP contribution in [0.25, 0.3) is 5.69 Å². The Bertz CT molecular complexity index is 652. The van der Waals surface area contributed by atoms with E-state index in [0.717, 1.165) is 5.69 Å². The van der Waals surface area contributed by atoms with Gasteiger partial charge in [-0.3, -0.25) is 4.79 Å². The van der Waals surface area contributed by atoms with Crippen LogP contribution in [0, 0.1) is 6.92 Å². The summed E-state index contributed by atoms with van der Waals surface area (Å²) >= 11 is 0. The highest BCUT2D eigenvalue weighted by molar-refractivity contribution is 5.89. The van der Waals surface area contributed by atoms with E-state index < -0.39 is 5.97 Å². The average molecular weight is 302 g/mol. The molecule has 2 rings (SSSR count). The number of hydrogen-bond donors (Lipinski definition) is 3. The van der Waals surface area contributed by atoms with Gasteiger partial charge in [-0.15, -0.1) is 0 Å². The number of urea groups is 1. The molecule has 0 aliphatic carbocycles. The minimum absolute atomic E-state index is 0.0330. The molecule has 0 fully saturated rings. The van der Waals surface area contributed by atoms with Crippen LogP contribution < -0.4 is 10.6 Å². The first-order valence-electron chi connectivity index (χ1n) is 6.94. The van der Waals surface area contributed by atoms with E-state index in [1.54, 1.807) is 17.8 Å². The van der Waals surface area contributed by atoms with Crippen LogP contribution >= 0.6 is 0 Å². The number of amides is 2.